The van der Waals surface area contributed by atoms with Crippen molar-refractivity contribution in [2.45, 2.75) is 26.4 Å². The molecule has 0 saturated carbocycles. The number of hydrogen-bond acceptors (Lipinski definition) is 4. The van der Waals surface area contributed by atoms with Gasteiger partial charge in [0.2, 0.25) is 0 Å². The van der Waals surface area contributed by atoms with Crippen molar-refractivity contribution in [2.24, 2.45) is 0 Å². The minimum absolute atomic E-state index is 0.100. The molecule has 3 rings (SSSR count). The van der Waals surface area contributed by atoms with Crippen molar-refractivity contribution in [1.29, 1.82) is 0 Å². The van der Waals surface area contributed by atoms with E-state index >= 15 is 0 Å². The zero-order valence-corrected chi connectivity index (χ0v) is 15.0. The number of ether oxygens (including phenoxy) is 1. The van der Waals surface area contributed by atoms with Gasteiger partial charge in [0.1, 0.15) is 5.75 Å². The van der Waals surface area contributed by atoms with E-state index in [0.717, 1.165) is 57.0 Å². The van der Waals surface area contributed by atoms with Crippen LogP contribution in [0.25, 0.3) is 0 Å². The Hall–Kier alpha value is -2.34. The van der Waals surface area contributed by atoms with E-state index in [-0.39, 0.29) is 5.91 Å². The zero-order valence-electron chi connectivity index (χ0n) is 15.0. The van der Waals surface area contributed by atoms with Crippen LogP contribution >= 0.6 is 0 Å². The standard InChI is InChI=1S/C19H26N4O2/c1-3-23-15-16(13-20-23)14-21-9-4-10-22(12-11-21)19(24)17-5-7-18(25-2)8-6-17/h5-8,13,15H,3-4,9-12,14H2,1-2H3. The van der Waals surface area contributed by atoms with Gasteiger partial charge in [0, 0.05) is 56.6 Å². The molecule has 0 radical (unpaired) electrons. The molecule has 0 N–H and O–H groups in total. The molecule has 25 heavy (non-hydrogen) atoms. The Labute approximate surface area is 149 Å². The van der Waals surface area contributed by atoms with Crippen LogP contribution in [0.3, 0.4) is 0 Å². The van der Waals surface area contributed by atoms with Crippen LogP contribution < -0.4 is 4.74 Å². The third-order valence-electron chi connectivity index (χ3n) is 4.63. The highest BCUT2D eigenvalue weighted by atomic mass is 16.5. The van der Waals surface area contributed by atoms with Crippen molar-refractivity contribution in [1.82, 2.24) is 19.6 Å². The van der Waals surface area contributed by atoms with Crippen LogP contribution in [-0.2, 0) is 13.1 Å². The molecule has 0 spiro atoms. The fourth-order valence-corrected chi connectivity index (χ4v) is 3.17. The summed E-state index contributed by atoms with van der Waals surface area (Å²) in [4.78, 5) is 17.1. The summed E-state index contributed by atoms with van der Waals surface area (Å²) in [5.41, 5.74) is 1.95. The predicted molar refractivity (Wildman–Crippen MR) is 96.7 cm³/mol. The first-order chi connectivity index (χ1) is 12.2. The molecule has 1 amide bonds. The maximum atomic E-state index is 12.7. The summed E-state index contributed by atoms with van der Waals surface area (Å²) in [6, 6.07) is 7.34. The molecule has 0 atom stereocenters. The second-order valence-corrected chi connectivity index (χ2v) is 6.35. The van der Waals surface area contributed by atoms with E-state index in [1.807, 2.05) is 40.0 Å². The molecule has 1 saturated heterocycles. The van der Waals surface area contributed by atoms with Gasteiger partial charge in [-0.1, -0.05) is 0 Å². The Bertz CT molecular complexity index is 696. The minimum atomic E-state index is 0.100. The van der Waals surface area contributed by atoms with E-state index in [9.17, 15) is 4.79 Å². The summed E-state index contributed by atoms with van der Waals surface area (Å²) in [5.74, 6) is 0.870. The number of nitrogens with zero attached hydrogens (tertiary/aromatic N) is 4. The number of aryl methyl sites for hydroxylation is 1. The van der Waals surface area contributed by atoms with Crippen molar-refractivity contribution >= 4 is 5.91 Å². The lowest BCUT2D eigenvalue weighted by Gasteiger charge is -2.22. The molecule has 1 aromatic carbocycles. The van der Waals surface area contributed by atoms with E-state index in [1.165, 1.54) is 5.56 Å². The van der Waals surface area contributed by atoms with Gasteiger partial charge in [-0.25, -0.2) is 0 Å². The first kappa shape index (κ1) is 17.5. The Morgan fingerprint density at radius 3 is 2.64 bits per heavy atom. The molecular formula is C19H26N4O2. The lowest BCUT2D eigenvalue weighted by molar-refractivity contribution is 0.0761. The quantitative estimate of drug-likeness (QED) is 0.836. The molecule has 1 aliphatic rings. The van der Waals surface area contributed by atoms with Crippen LogP contribution in [0.1, 0.15) is 29.3 Å². The average molecular weight is 342 g/mol. The van der Waals surface area contributed by atoms with Crippen LogP contribution in [-0.4, -0.2) is 58.8 Å². The summed E-state index contributed by atoms with van der Waals surface area (Å²) >= 11 is 0. The fraction of sp³-hybridized carbons (Fsp3) is 0.474. The van der Waals surface area contributed by atoms with Crippen LogP contribution in [0, 0.1) is 0 Å². The topological polar surface area (TPSA) is 50.6 Å². The molecule has 1 aromatic heterocycles. The van der Waals surface area contributed by atoms with E-state index in [1.54, 1.807) is 7.11 Å². The van der Waals surface area contributed by atoms with Gasteiger partial charge in [-0.05, 0) is 37.6 Å². The Morgan fingerprint density at radius 1 is 1.16 bits per heavy atom. The Balaban J connectivity index is 1.57. The highest BCUT2D eigenvalue weighted by Gasteiger charge is 2.20. The number of carbonyl (C=O) groups is 1. The van der Waals surface area contributed by atoms with Crippen LogP contribution in [0.4, 0.5) is 0 Å². The molecule has 0 bridgehead atoms. The number of amides is 1. The van der Waals surface area contributed by atoms with Gasteiger partial charge in [0.25, 0.3) is 5.91 Å². The third kappa shape index (κ3) is 4.39. The number of methoxy groups -OCH3 is 1. The molecule has 1 fully saturated rings. The molecule has 0 aliphatic carbocycles. The fourth-order valence-electron chi connectivity index (χ4n) is 3.17. The predicted octanol–water partition coefficient (Wildman–Crippen LogP) is 2.26. The number of carbonyl (C=O) groups excluding carboxylic acids is 1. The van der Waals surface area contributed by atoms with E-state index in [2.05, 4.69) is 23.1 Å². The van der Waals surface area contributed by atoms with Crippen molar-refractivity contribution in [3.8, 4) is 5.75 Å². The SMILES string of the molecule is CCn1cc(CN2CCCN(C(=O)c3ccc(OC)cc3)CC2)cn1. The molecule has 6 heteroatoms. The van der Waals surface area contributed by atoms with Crippen LogP contribution in [0.5, 0.6) is 5.75 Å². The molecule has 2 heterocycles. The summed E-state index contributed by atoms with van der Waals surface area (Å²) in [6.45, 7) is 7.32. The van der Waals surface area contributed by atoms with Crippen molar-refractivity contribution in [3.05, 3.63) is 47.8 Å². The Kier molecular flexibility index (Phi) is 5.71. The van der Waals surface area contributed by atoms with Crippen molar-refractivity contribution in [2.75, 3.05) is 33.3 Å². The maximum Gasteiger partial charge on any atom is 0.253 e. The summed E-state index contributed by atoms with van der Waals surface area (Å²) < 4.78 is 7.11. The monoisotopic (exact) mass is 342 g/mol. The van der Waals surface area contributed by atoms with Gasteiger partial charge in [-0.2, -0.15) is 5.10 Å². The molecule has 6 nitrogen and oxygen atoms in total. The number of benzene rings is 1. The minimum Gasteiger partial charge on any atom is -0.497 e. The van der Waals surface area contributed by atoms with Gasteiger partial charge >= 0.3 is 0 Å². The normalized spacial score (nSPS) is 15.8. The highest BCUT2D eigenvalue weighted by Crippen LogP contribution is 2.15. The lowest BCUT2D eigenvalue weighted by atomic mass is 10.2. The molecule has 134 valence electrons. The van der Waals surface area contributed by atoms with Crippen molar-refractivity contribution in [3.63, 3.8) is 0 Å². The van der Waals surface area contributed by atoms with Crippen LogP contribution in [0.2, 0.25) is 0 Å². The zero-order chi connectivity index (χ0) is 17.6. The van der Waals surface area contributed by atoms with Crippen molar-refractivity contribution < 1.29 is 9.53 Å². The third-order valence-corrected chi connectivity index (χ3v) is 4.63. The maximum absolute atomic E-state index is 12.7. The summed E-state index contributed by atoms with van der Waals surface area (Å²) in [5, 5.41) is 4.34. The Morgan fingerprint density at radius 2 is 1.96 bits per heavy atom. The van der Waals surface area contributed by atoms with E-state index in [4.69, 9.17) is 4.74 Å². The molecule has 1 aliphatic heterocycles. The van der Waals surface area contributed by atoms with Gasteiger partial charge in [0.15, 0.2) is 0 Å². The van der Waals surface area contributed by atoms with Gasteiger partial charge in [-0.15, -0.1) is 0 Å². The van der Waals surface area contributed by atoms with Gasteiger partial charge < -0.3 is 9.64 Å². The van der Waals surface area contributed by atoms with Crippen LogP contribution in [0.15, 0.2) is 36.7 Å². The highest BCUT2D eigenvalue weighted by molar-refractivity contribution is 5.94. The molecule has 0 unspecified atom stereocenters. The first-order valence-corrected chi connectivity index (χ1v) is 8.86. The number of aromatic nitrogens is 2. The second-order valence-electron chi connectivity index (χ2n) is 6.35. The summed E-state index contributed by atoms with van der Waals surface area (Å²) in [7, 11) is 1.63. The average Bonchev–Trinajstić information content (AvgIpc) is 2.98. The number of rotatable bonds is 5. The smallest absolute Gasteiger partial charge is 0.253 e. The van der Waals surface area contributed by atoms with E-state index < -0.39 is 0 Å². The molecule has 2 aromatic rings. The largest absolute Gasteiger partial charge is 0.497 e. The summed E-state index contributed by atoms with van der Waals surface area (Å²) in [6.07, 6.45) is 5.03. The first-order valence-electron chi connectivity index (χ1n) is 8.86. The number of hydrogen-bond donors (Lipinski definition) is 0. The second kappa shape index (κ2) is 8.16. The van der Waals surface area contributed by atoms with Gasteiger partial charge in [-0.3, -0.25) is 14.4 Å². The molecular weight excluding hydrogens is 316 g/mol. The lowest BCUT2D eigenvalue weighted by Crippen LogP contribution is -2.35. The van der Waals surface area contributed by atoms with Gasteiger partial charge in [0.05, 0.1) is 13.3 Å². The van der Waals surface area contributed by atoms with E-state index in [0.29, 0.717) is 0 Å².